The SMILES string of the molecule is Cc1cccc(C(=O)Oc2ccccc2/C=N\n2c(-c3ccc(Cl)cc3)nc3ccccc3c2=O)c1. The van der Waals surface area contributed by atoms with Gasteiger partial charge in [0.25, 0.3) is 5.56 Å². The number of para-hydroxylation sites is 2. The molecular formula is C29H20ClN3O3. The number of aromatic nitrogens is 2. The van der Waals surface area contributed by atoms with Crippen LogP contribution in [0.5, 0.6) is 5.75 Å². The molecule has 4 aromatic carbocycles. The quantitative estimate of drug-likeness (QED) is 0.168. The summed E-state index contributed by atoms with van der Waals surface area (Å²) in [4.78, 5) is 30.8. The Bertz CT molecular complexity index is 1670. The summed E-state index contributed by atoms with van der Waals surface area (Å²) < 4.78 is 6.90. The van der Waals surface area contributed by atoms with E-state index in [0.29, 0.717) is 44.2 Å². The summed E-state index contributed by atoms with van der Waals surface area (Å²) in [6.07, 6.45) is 1.48. The fourth-order valence-corrected chi connectivity index (χ4v) is 3.87. The number of esters is 1. The standard InChI is InChI=1S/C29H20ClN3O3/c1-19-7-6-9-21(17-19)29(35)36-26-12-5-2-8-22(26)18-31-33-27(20-13-15-23(30)16-14-20)32-25-11-4-3-10-24(25)28(33)34/h2-18H,1H3/b31-18-. The number of aryl methyl sites for hydroxylation is 1. The Hall–Kier alpha value is -4.55. The van der Waals surface area contributed by atoms with Gasteiger partial charge in [-0.05, 0) is 67.6 Å². The van der Waals surface area contributed by atoms with Crippen molar-refractivity contribution in [1.82, 2.24) is 9.66 Å². The van der Waals surface area contributed by atoms with Crippen LogP contribution in [-0.4, -0.2) is 21.8 Å². The molecule has 36 heavy (non-hydrogen) atoms. The van der Waals surface area contributed by atoms with E-state index >= 15 is 0 Å². The van der Waals surface area contributed by atoms with Crippen molar-refractivity contribution in [2.24, 2.45) is 5.10 Å². The molecule has 0 fully saturated rings. The van der Waals surface area contributed by atoms with Crippen molar-refractivity contribution >= 4 is 34.7 Å². The van der Waals surface area contributed by atoms with Gasteiger partial charge in [0.15, 0.2) is 5.82 Å². The van der Waals surface area contributed by atoms with Crippen LogP contribution in [-0.2, 0) is 0 Å². The first-order valence-corrected chi connectivity index (χ1v) is 11.6. The third-order valence-electron chi connectivity index (χ3n) is 5.54. The number of carbonyl (C=O) groups is 1. The van der Waals surface area contributed by atoms with Gasteiger partial charge < -0.3 is 4.74 Å². The molecule has 0 radical (unpaired) electrons. The maximum atomic E-state index is 13.4. The summed E-state index contributed by atoms with van der Waals surface area (Å²) in [7, 11) is 0. The lowest BCUT2D eigenvalue weighted by molar-refractivity contribution is 0.0734. The van der Waals surface area contributed by atoms with E-state index in [1.54, 1.807) is 84.9 Å². The van der Waals surface area contributed by atoms with Crippen LogP contribution in [0.3, 0.4) is 0 Å². The molecule has 1 aromatic heterocycles. The van der Waals surface area contributed by atoms with Crippen LogP contribution in [0.4, 0.5) is 0 Å². The Kier molecular flexibility index (Phi) is 6.43. The smallest absolute Gasteiger partial charge is 0.343 e. The minimum Gasteiger partial charge on any atom is -0.422 e. The van der Waals surface area contributed by atoms with Crippen LogP contribution in [0, 0.1) is 6.92 Å². The number of rotatable bonds is 5. The molecule has 0 atom stereocenters. The second-order valence-corrected chi connectivity index (χ2v) is 8.55. The lowest BCUT2D eigenvalue weighted by Crippen LogP contribution is -2.20. The van der Waals surface area contributed by atoms with Crippen LogP contribution in [0.25, 0.3) is 22.3 Å². The van der Waals surface area contributed by atoms with Crippen LogP contribution in [0.2, 0.25) is 5.02 Å². The molecule has 0 aliphatic rings. The normalized spacial score (nSPS) is 11.2. The molecule has 0 amide bonds. The van der Waals surface area contributed by atoms with Crippen LogP contribution >= 0.6 is 11.6 Å². The highest BCUT2D eigenvalue weighted by molar-refractivity contribution is 6.30. The molecular weight excluding hydrogens is 474 g/mol. The number of hydrogen-bond acceptors (Lipinski definition) is 5. The Morgan fingerprint density at radius 2 is 1.69 bits per heavy atom. The van der Waals surface area contributed by atoms with E-state index in [1.165, 1.54) is 10.9 Å². The van der Waals surface area contributed by atoms with Crippen molar-refractivity contribution in [3.05, 3.63) is 129 Å². The molecule has 176 valence electrons. The predicted molar refractivity (Wildman–Crippen MR) is 142 cm³/mol. The number of ether oxygens (including phenoxy) is 1. The van der Waals surface area contributed by atoms with E-state index in [-0.39, 0.29) is 5.56 Å². The zero-order valence-electron chi connectivity index (χ0n) is 19.3. The van der Waals surface area contributed by atoms with Crippen LogP contribution in [0.1, 0.15) is 21.5 Å². The third-order valence-corrected chi connectivity index (χ3v) is 5.80. The largest absolute Gasteiger partial charge is 0.422 e. The Balaban J connectivity index is 1.57. The van der Waals surface area contributed by atoms with E-state index in [4.69, 9.17) is 16.3 Å². The average Bonchev–Trinajstić information content (AvgIpc) is 2.89. The monoisotopic (exact) mass is 493 g/mol. The lowest BCUT2D eigenvalue weighted by Gasteiger charge is -2.10. The maximum Gasteiger partial charge on any atom is 0.343 e. The van der Waals surface area contributed by atoms with Gasteiger partial charge in [-0.1, -0.05) is 53.6 Å². The second-order valence-electron chi connectivity index (χ2n) is 8.12. The summed E-state index contributed by atoms with van der Waals surface area (Å²) >= 11 is 6.06. The highest BCUT2D eigenvalue weighted by atomic mass is 35.5. The van der Waals surface area contributed by atoms with Gasteiger partial charge in [0, 0.05) is 16.1 Å². The molecule has 7 heteroatoms. The van der Waals surface area contributed by atoms with Gasteiger partial charge in [0.05, 0.1) is 22.7 Å². The zero-order valence-corrected chi connectivity index (χ0v) is 20.0. The second kappa shape index (κ2) is 9.98. The molecule has 5 rings (SSSR count). The first-order chi connectivity index (χ1) is 17.5. The molecule has 0 aliphatic carbocycles. The molecule has 0 unspecified atom stereocenters. The van der Waals surface area contributed by atoms with Crippen molar-refractivity contribution in [2.45, 2.75) is 6.92 Å². The molecule has 0 spiro atoms. The third kappa shape index (κ3) is 4.80. The molecule has 0 N–H and O–H groups in total. The van der Waals surface area contributed by atoms with Gasteiger partial charge in [0.1, 0.15) is 5.75 Å². The van der Waals surface area contributed by atoms with E-state index in [0.717, 1.165) is 5.56 Å². The number of fused-ring (bicyclic) bond motifs is 1. The molecule has 0 aliphatic heterocycles. The van der Waals surface area contributed by atoms with E-state index < -0.39 is 5.97 Å². The first kappa shape index (κ1) is 23.2. The zero-order chi connectivity index (χ0) is 25.1. The minimum atomic E-state index is -0.481. The van der Waals surface area contributed by atoms with Crippen molar-refractivity contribution < 1.29 is 9.53 Å². The summed E-state index contributed by atoms with van der Waals surface area (Å²) in [6.45, 7) is 1.91. The maximum absolute atomic E-state index is 13.4. The van der Waals surface area contributed by atoms with Gasteiger partial charge in [0.2, 0.25) is 0 Å². The van der Waals surface area contributed by atoms with Crippen molar-refractivity contribution in [3.63, 3.8) is 0 Å². The topological polar surface area (TPSA) is 73.5 Å². The van der Waals surface area contributed by atoms with Crippen LogP contribution < -0.4 is 10.3 Å². The van der Waals surface area contributed by atoms with Gasteiger partial charge in [-0.3, -0.25) is 4.79 Å². The van der Waals surface area contributed by atoms with E-state index in [2.05, 4.69) is 10.1 Å². The average molecular weight is 494 g/mol. The number of benzene rings is 4. The number of halogens is 1. The van der Waals surface area contributed by atoms with Crippen molar-refractivity contribution in [2.75, 3.05) is 0 Å². The Morgan fingerprint density at radius 3 is 2.50 bits per heavy atom. The molecule has 0 saturated heterocycles. The first-order valence-electron chi connectivity index (χ1n) is 11.2. The Morgan fingerprint density at radius 1 is 0.944 bits per heavy atom. The molecule has 5 aromatic rings. The van der Waals surface area contributed by atoms with E-state index in [9.17, 15) is 9.59 Å². The number of carbonyl (C=O) groups excluding carboxylic acids is 1. The Labute approximate surface area is 212 Å². The molecule has 0 saturated carbocycles. The summed E-state index contributed by atoms with van der Waals surface area (Å²) in [6, 6.07) is 28.3. The number of nitrogens with zero attached hydrogens (tertiary/aromatic N) is 3. The lowest BCUT2D eigenvalue weighted by atomic mass is 10.1. The molecule has 0 bridgehead atoms. The highest BCUT2D eigenvalue weighted by Crippen LogP contribution is 2.22. The number of hydrogen-bond donors (Lipinski definition) is 0. The summed E-state index contributed by atoms with van der Waals surface area (Å²) in [5.41, 5.74) is 2.85. The van der Waals surface area contributed by atoms with Gasteiger partial charge in [-0.25, -0.2) is 9.78 Å². The minimum absolute atomic E-state index is 0.322. The highest BCUT2D eigenvalue weighted by Gasteiger charge is 2.14. The summed E-state index contributed by atoms with van der Waals surface area (Å²) in [5, 5.41) is 5.48. The van der Waals surface area contributed by atoms with Crippen molar-refractivity contribution in [3.8, 4) is 17.1 Å². The van der Waals surface area contributed by atoms with Gasteiger partial charge >= 0.3 is 5.97 Å². The fraction of sp³-hybridized carbons (Fsp3) is 0.0345. The molecule has 1 heterocycles. The van der Waals surface area contributed by atoms with Crippen LogP contribution in [0.15, 0.2) is 107 Å². The molecule has 6 nitrogen and oxygen atoms in total. The predicted octanol–water partition coefficient (Wildman–Crippen LogP) is 6.13. The van der Waals surface area contributed by atoms with Crippen molar-refractivity contribution in [1.29, 1.82) is 0 Å². The van der Waals surface area contributed by atoms with E-state index in [1.807, 2.05) is 19.1 Å². The fourth-order valence-electron chi connectivity index (χ4n) is 3.75. The summed E-state index contributed by atoms with van der Waals surface area (Å²) in [5.74, 6) is 0.203. The van der Waals surface area contributed by atoms with Gasteiger partial charge in [-0.15, -0.1) is 0 Å². The van der Waals surface area contributed by atoms with Gasteiger partial charge in [-0.2, -0.15) is 9.78 Å².